The predicted molar refractivity (Wildman–Crippen MR) is 127 cm³/mol. The van der Waals surface area contributed by atoms with Crippen LogP contribution in [0.25, 0.3) is 39.0 Å². The van der Waals surface area contributed by atoms with Crippen LogP contribution < -0.4 is 0 Å². The number of nitro benzene ring substituents is 1. The second kappa shape index (κ2) is 8.83. The van der Waals surface area contributed by atoms with Gasteiger partial charge in [0.25, 0.3) is 5.69 Å². The topological polar surface area (TPSA) is 58.9 Å². The molecule has 0 spiro atoms. The molecule has 161 valence electrons. The minimum Gasteiger partial charge on any atom is -0.354 e. The number of hydrogen-bond donors (Lipinski definition) is 1. The Hall–Kier alpha value is -3.66. The second-order valence-electron chi connectivity index (χ2n) is 7.54. The number of nitrogens with one attached hydrogen (secondary N) is 1. The first kappa shape index (κ1) is 21.6. The van der Waals surface area contributed by atoms with Crippen LogP contribution >= 0.6 is 0 Å². The van der Waals surface area contributed by atoms with E-state index in [-0.39, 0.29) is 27.7 Å². The summed E-state index contributed by atoms with van der Waals surface area (Å²) in [4.78, 5) is 14.0. The Morgan fingerprint density at radius 1 is 0.844 bits per heavy atom. The predicted octanol–water partition coefficient (Wildman–Crippen LogP) is 7.13. The van der Waals surface area contributed by atoms with E-state index in [1.807, 2.05) is 42.5 Å². The van der Waals surface area contributed by atoms with Crippen LogP contribution in [0.1, 0.15) is 16.7 Å². The fourth-order valence-corrected chi connectivity index (χ4v) is 4.38. The zero-order chi connectivity index (χ0) is 21.4. The summed E-state index contributed by atoms with van der Waals surface area (Å²) in [5.41, 5.74) is 7.89. The zero-order valence-corrected chi connectivity index (χ0v) is 18.1. The van der Waals surface area contributed by atoms with Crippen molar-refractivity contribution in [3.8, 4) is 11.1 Å². The van der Waals surface area contributed by atoms with Gasteiger partial charge in [-0.3, -0.25) is 10.1 Å². The maximum absolute atomic E-state index is 10.9. The van der Waals surface area contributed by atoms with Crippen molar-refractivity contribution in [2.24, 2.45) is 0 Å². The summed E-state index contributed by atoms with van der Waals surface area (Å²) in [6, 6.07) is 27.9. The van der Waals surface area contributed by atoms with Crippen LogP contribution in [0.3, 0.4) is 0 Å². The van der Waals surface area contributed by atoms with Crippen LogP contribution in [0.4, 0.5) is 5.69 Å². The molecule has 0 bridgehead atoms. The Bertz CT molecular complexity index is 1470. The van der Waals surface area contributed by atoms with Gasteiger partial charge in [0.05, 0.1) is 10.4 Å². The van der Waals surface area contributed by atoms with E-state index in [0.29, 0.717) is 6.42 Å². The molecule has 1 aromatic heterocycles. The van der Waals surface area contributed by atoms with Gasteiger partial charge in [0.15, 0.2) is 0 Å². The third-order valence-corrected chi connectivity index (χ3v) is 5.82. The van der Waals surface area contributed by atoms with E-state index in [9.17, 15) is 10.1 Å². The fourth-order valence-electron chi connectivity index (χ4n) is 4.38. The molecule has 0 amide bonds. The number of nitro groups is 1. The molecule has 1 heterocycles. The standard InChI is InChI=1S/C14H11N.C13H9NO2.Cu/c1-2-10-6-5-8-12-11-7-3-4-9-13(11)15-14(10)12;15-14(16)13-7-3-6-11-10-5-2-1-4-9(10)8-12(11)13;/h2-9,15H,1H2;1-7H,8H2;. The van der Waals surface area contributed by atoms with E-state index < -0.39 is 0 Å². The Morgan fingerprint density at radius 3 is 2.34 bits per heavy atom. The summed E-state index contributed by atoms with van der Waals surface area (Å²) in [5, 5.41) is 13.5. The van der Waals surface area contributed by atoms with Gasteiger partial charge >= 0.3 is 0 Å². The number of hydrogen-bond acceptors (Lipinski definition) is 2. The normalized spacial score (nSPS) is 11.1. The van der Waals surface area contributed by atoms with Crippen LogP contribution in [0.5, 0.6) is 0 Å². The molecule has 5 heteroatoms. The van der Waals surface area contributed by atoms with Crippen LogP contribution in [0.15, 0.2) is 91.5 Å². The molecule has 4 aromatic carbocycles. The van der Waals surface area contributed by atoms with Crippen molar-refractivity contribution in [3.63, 3.8) is 0 Å². The van der Waals surface area contributed by atoms with Gasteiger partial charge in [-0.25, -0.2) is 0 Å². The van der Waals surface area contributed by atoms with Crippen molar-refractivity contribution < 1.29 is 22.0 Å². The molecule has 6 rings (SSSR count). The van der Waals surface area contributed by atoms with Gasteiger partial charge in [0, 0.05) is 51.4 Å². The quantitative estimate of drug-likeness (QED) is 0.167. The number of benzene rings is 4. The molecule has 0 fully saturated rings. The van der Waals surface area contributed by atoms with E-state index in [0.717, 1.165) is 22.3 Å². The second-order valence-corrected chi connectivity index (χ2v) is 7.54. The van der Waals surface area contributed by atoms with Gasteiger partial charge in [-0.2, -0.15) is 0 Å². The SMILES string of the molecule is C=Cc1cccc2c1[nH]c1ccccc12.O=[N+]([O-])c1cccc2c1Cc1ccccc1-2.[Cu]. The van der Waals surface area contributed by atoms with Crippen LogP contribution in [-0.4, -0.2) is 9.91 Å². The van der Waals surface area contributed by atoms with Crippen LogP contribution in [0.2, 0.25) is 0 Å². The summed E-state index contributed by atoms with van der Waals surface area (Å²) in [6.07, 6.45) is 2.56. The van der Waals surface area contributed by atoms with Crippen LogP contribution in [0, 0.1) is 10.1 Å². The van der Waals surface area contributed by atoms with E-state index >= 15 is 0 Å². The van der Waals surface area contributed by atoms with Crippen molar-refractivity contribution in [1.82, 2.24) is 4.98 Å². The minimum absolute atomic E-state index is 0. The number of aromatic amines is 1. The fraction of sp³-hybridized carbons (Fsp3) is 0.0370. The first-order chi connectivity index (χ1) is 15.2. The monoisotopic (exact) mass is 467 g/mol. The number of fused-ring (bicyclic) bond motifs is 6. The van der Waals surface area contributed by atoms with Gasteiger partial charge in [-0.15, -0.1) is 0 Å². The number of H-pyrrole nitrogens is 1. The molecule has 0 saturated carbocycles. The van der Waals surface area contributed by atoms with Gasteiger partial charge in [0.1, 0.15) is 0 Å². The molecule has 1 aliphatic carbocycles. The van der Waals surface area contributed by atoms with E-state index in [4.69, 9.17) is 0 Å². The van der Waals surface area contributed by atoms with Crippen molar-refractivity contribution in [1.29, 1.82) is 0 Å². The van der Waals surface area contributed by atoms with E-state index in [1.54, 1.807) is 12.1 Å². The third kappa shape index (κ3) is 3.62. The largest absolute Gasteiger partial charge is 0.354 e. The molecule has 32 heavy (non-hydrogen) atoms. The maximum Gasteiger partial charge on any atom is 0.273 e. The van der Waals surface area contributed by atoms with Crippen molar-refractivity contribution in [3.05, 3.63) is 118 Å². The first-order valence-electron chi connectivity index (χ1n) is 10.1. The first-order valence-corrected chi connectivity index (χ1v) is 10.1. The molecule has 1 aliphatic rings. The Balaban J connectivity index is 0.000000149. The molecule has 4 nitrogen and oxygen atoms in total. The Labute approximate surface area is 196 Å². The van der Waals surface area contributed by atoms with Crippen molar-refractivity contribution in [2.75, 3.05) is 0 Å². The Morgan fingerprint density at radius 2 is 1.53 bits per heavy atom. The number of nitrogens with zero attached hydrogens (tertiary/aromatic N) is 1. The van der Waals surface area contributed by atoms with Gasteiger partial charge in [-0.1, -0.05) is 85.5 Å². The minimum atomic E-state index is -0.301. The summed E-state index contributed by atoms with van der Waals surface area (Å²) in [6.45, 7) is 3.83. The summed E-state index contributed by atoms with van der Waals surface area (Å²) in [7, 11) is 0. The maximum atomic E-state index is 10.9. The molecular formula is C27H20CuN2O2. The third-order valence-electron chi connectivity index (χ3n) is 5.82. The summed E-state index contributed by atoms with van der Waals surface area (Å²) >= 11 is 0. The van der Waals surface area contributed by atoms with E-state index in [2.05, 4.69) is 48.0 Å². The summed E-state index contributed by atoms with van der Waals surface area (Å²) in [5.74, 6) is 0. The number of aromatic nitrogens is 1. The molecule has 1 radical (unpaired) electrons. The van der Waals surface area contributed by atoms with Crippen molar-refractivity contribution in [2.45, 2.75) is 6.42 Å². The average molecular weight is 468 g/mol. The molecule has 5 aromatic rings. The van der Waals surface area contributed by atoms with Gasteiger partial charge in [0.2, 0.25) is 0 Å². The zero-order valence-electron chi connectivity index (χ0n) is 17.1. The molecule has 0 saturated heterocycles. The molecular weight excluding hydrogens is 448 g/mol. The molecule has 1 N–H and O–H groups in total. The van der Waals surface area contributed by atoms with Gasteiger partial charge in [-0.05, 0) is 28.3 Å². The van der Waals surface area contributed by atoms with Crippen LogP contribution in [-0.2, 0) is 23.5 Å². The summed E-state index contributed by atoms with van der Waals surface area (Å²) < 4.78 is 0. The molecule has 0 unspecified atom stereocenters. The average Bonchev–Trinajstić information content (AvgIpc) is 3.37. The number of rotatable bonds is 2. The molecule has 0 aliphatic heterocycles. The molecule has 0 atom stereocenters. The smallest absolute Gasteiger partial charge is 0.273 e. The van der Waals surface area contributed by atoms with Gasteiger partial charge < -0.3 is 4.98 Å². The Kier molecular flexibility index (Phi) is 5.95. The van der Waals surface area contributed by atoms with E-state index in [1.165, 1.54) is 27.4 Å². The van der Waals surface area contributed by atoms with Crippen molar-refractivity contribution >= 4 is 33.6 Å². The number of para-hydroxylation sites is 2.